The van der Waals surface area contributed by atoms with Gasteiger partial charge in [-0.15, -0.1) is 0 Å². The normalized spacial score (nSPS) is 16.8. The van der Waals surface area contributed by atoms with E-state index in [1.54, 1.807) is 23.5 Å². The average Bonchev–Trinajstić information content (AvgIpc) is 3.37. The highest BCUT2D eigenvalue weighted by atomic mass is 16.6. The Hall–Kier alpha value is -3.09. The highest BCUT2D eigenvalue weighted by Gasteiger charge is 2.31. The summed E-state index contributed by atoms with van der Waals surface area (Å²) in [7, 11) is 0. The summed E-state index contributed by atoms with van der Waals surface area (Å²) in [6.07, 6.45) is 11.0. The van der Waals surface area contributed by atoms with Crippen molar-refractivity contribution >= 4 is 18.1 Å². The maximum atomic E-state index is 12.3. The van der Waals surface area contributed by atoms with Crippen molar-refractivity contribution in [2.24, 2.45) is 0 Å². The van der Waals surface area contributed by atoms with E-state index in [-0.39, 0.29) is 18.0 Å². The summed E-state index contributed by atoms with van der Waals surface area (Å²) in [6, 6.07) is 7.97. The SMILES string of the molecule is CC(C)(C)OC(=O)N1CCC[C@H]1CCNC(=O)/C=C/c1ccc(-n2ccnc2)cc1. The molecule has 0 saturated carbocycles. The van der Waals surface area contributed by atoms with E-state index < -0.39 is 5.60 Å². The second-order valence-corrected chi connectivity index (χ2v) is 8.44. The second kappa shape index (κ2) is 9.61. The Kier molecular flexibility index (Phi) is 6.92. The van der Waals surface area contributed by atoms with Crippen LogP contribution in [0.2, 0.25) is 0 Å². The number of carbonyl (C=O) groups is 2. The van der Waals surface area contributed by atoms with Crippen molar-refractivity contribution in [3.63, 3.8) is 0 Å². The molecule has 2 aromatic rings. The molecule has 1 N–H and O–H groups in total. The maximum absolute atomic E-state index is 12.3. The smallest absolute Gasteiger partial charge is 0.410 e. The molecule has 1 aromatic carbocycles. The Morgan fingerprint density at radius 1 is 1.27 bits per heavy atom. The first-order valence-electron chi connectivity index (χ1n) is 10.4. The van der Waals surface area contributed by atoms with Gasteiger partial charge in [0, 0.05) is 43.3 Å². The molecule has 1 atom stereocenters. The van der Waals surface area contributed by atoms with Gasteiger partial charge in [0.1, 0.15) is 5.60 Å². The number of aromatic nitrogens is 2. The lowest BCUT2D eigenvalue weighted by molar-refractivity contribution is -0.116. The van der Waals surface area contributed by atoms with Crippen LogP contribution in [0.5, 0.6) is 0 Å². The first-order chi connectivity index (χ1) is 14.3. The molecule has 1 fully saturated rings. The lowest BCUT2D eigenvalue weighted by atomic mass is 10.1. The monoisotopic (exact) mass is 410 g/mol. The van der Waals surface area contributed by atoms with Crippen LogP contribution in [0.4, 0.5) is 4.79 Å². The maximum Gasteiger partial charge on any atom is 0.410 e. The molecule has 0 aliphatic carbocycles. The minimum absolute atomic E-state index is 0.111. The number of rotatable bonds is 6. The molecule has 30 heavy (non-hydrogen) atoms. The van der Waals surface area contributed by atoms with Crippen LogP contribution >= 0.6 is 0 Å². The Bertz CT molecular complexity index is 867. The summed E-state index contributed by atoms with van der Waals surface area (Å²) in [5.41, 5.74) is 1.46. The zero-order chi connectivity index (χ0) is 21.6. The third-order valence-electron chi connectivity index (χ3n) is 4.90. The summed E-state index contributed by atoms with van der Waals surface area (Å²) >= 11 is 0. The number of hydrogen-bond acceptors (Lipinski definition) is 4. The van der Waals surface area contributed by atoms with Gasteiger partial charge in [0.2, 0.25) is 5.91 Å². The molecule has 3 rings (SSSR count). The fourth-order valence-electron chi connectivity index (χ4n) is 3.46. The van der Waals surface area contributed by atoms with Crippen LogP contribution in [0.25, 0.3) is 11.8 Å². The molecule has 0 radical (unpaired) electrons. The van der Waals surface area contributed by atoms with Crippen molar-refractivity contribution in [3.8, 4) is 5.69 Å². The standard InChI is InChI=1S/C23H30N4O3/c1-23(2,3)30-22(29)27-15-4-5-20(27)12-13-25-21(28)11-8-18-6-9-19(10-7-18)26-16-14-24-17-26/h6-11,14,16-17,20H,4-5,12-13,15H2,1-3H3,(H,25,28)/b11-8+/t20-/m0/s1. The molecule has 0 unspecified atom stereocenters. The van der Waals surface area contributed by atoms with Crippen molar-refractivity contribution in [1.82, 2.24) is 19.8 Å². The van der Waals surface area contributed by atoms with Gasteiger partial charge in [-0.05, 0) is 63.8 Å². The molecule has 0 spiro atoms. The summed E-state index contributed by atoms with van der Waals surface area (Å²) in [4.78, 5) is 30.3. The third-order valence-corrected chi connectivity index (χ3v) is 4.90. The summed E-state index contributed by atoms with van der Waals surface area (Å²) < 4.78 is 7.40. The molecular weight excluding hydrogens is 380 g/mol. The van der Waals surface area contributed by atoms with Crippen molar-refractivity contribution in [3.05, 3.63) is 54.6 Å². The van der Waals surface area contributed by atoms with Gasteiger partial charge in [-0.2, -0.15) is 0 Å². The molecule has 1 aliphatic rings. The van der Waals surface area contributed by atoms with Crippen molar-refractivity contribution in [1.29, 1.82) is 0 Å². The number of ether oxygens (including phenoxy) is 1. The topological polar surface area (TPSA) is 76.5 Å². The molecular formula is C23H30N4O3. The van der Waals surface area contributed by atoms with Gasteiger partial charge in [-0.1, -0.05) is 12.1 Å². The van der Waals surface area contributed by atoms with Crippen molar-refractivity contribution < 1.29 is 14.3 Å². The van der Waals surface area contributed by atoms with Crippen LogP contribution in [0.3, 0.4) is 0 Å². The number of nitrogens with zero attached hydrogens (tertiary/aromatic N) is 3. The van der Waals surface area contributed by atoms with Crippen molar-refractivity contribution in [2.45, 2.75) is 51.7 Å². The predicted octanol–water partition coefficient (Wildman–Crippen LogP) is 3.79. The lowest BCUT2D eigenvalue weighted by Gasteiger charge is -2.28. The molecule has 7 heteroatoms. The van der Waals surface area contributed by atoms with Crippen molar-refractivity contribution in [2.75, 3.05) is 13.1 Å². The van der Waals surface area contributed by atoms with Crippen LogP contribution < -0.4 is 5.32 Å². The summed E-state index contributed by atoms with van der Waals surface area (Å²) in [5, 5.41) is 2.90. The average molecular weight is 411 g/mol. The van der Waals surface area contributed by atoms with Gasteiger partial charge >= 0.3 is 6.09 Å². The van der Waals surface area contributed by atoms with Gasteiger partial charge in [0.25, 0.3) is 0 Å². The fraction of sp³-hybridized carbons (Fsp3) is 0.435. The first kappa shape index (κ1) is 21.6. The van der Waals surface area contributed by atoms with E-state index in [1.165, 1.54) is 6.08 Å². The minimum Gasteiger partial charge on any atom is -0.444 e. The van der Waals surface area contributed by atoms with Gasteiger partial charge in [0.05, 0.1) is 6.33 Å². The molecule has 1 aromatic heterocycles. The zero-order valence-corrected chi connectivity index (χ0v) is 17.9. The van der Waals surface area contributed by atoms with E-state index in [2.05, 4.69) is 10.3 Å². The van der Waals surface area contributed by atoms with Gasteiger partial charge in [0.15, 0.2) is 0 Å². The minimum atomic E-state index is -0.500. The third kappa shape index (κ3) is 6.20. The number of likely N-dealkylation sites (tertiary alicyclic amines) is 1. The lowest BCUT2D eigenvalue weighted by Crippen LogP contribution is -2.41. The van der Waals surface area contributed by atoms with Crippen LogP contribution in [0.1, 0.15) is 45.6 Å². The Morgan fingerprint density at radius 3 is 2.70 bits per heavy atom. The van der Waals surface area contributed by atoms with E-state index in [0.717, 1.165) is 30.5 Å². The van der Waals surface area contributed by atoms with Gasteiger partial charge in [-0.25, -0.2) is 9.78 Å². The number of carbonyl (C=O) groups excluding carboxylic acids is 2. The number of benzene rings is 1. The molecule has 2 amide bonds. The van der Waals surface area contributed by atoms with E-state index in [0.29, 0.717) is 13.1 Å². The number of nitrogens with one attached hydrogen (secondary N) is 1. The summed E-state index contributed by atoms with van der Waals surface area (Å²) in [5.74, 6) is -0.143. The Labute approximate surface area is 177 Å². The Balaban J connectivity index is 1.43. The van der Waals surface area contributed by atoms with Crippen LogP contribution in [-0.2, 0) is 9.53 Å². The predicted molar refractivity (Wildman–Crippen MR) is 116 cm³/mol. The van der Waals surface area contributed by atoms with E-state index in [1.807, 2.05) is 55.8 Å². The second-order valence-electron chi connectivity index (χ2n) is 8.44. The first-order valence-corrected chi connectivity index (χ1v) is 10.4. The Morgan fingerprint density at radius 2 is 2.03 bits per heavy atom. The zero-order valence-electron chi connectivity index (χ0n) is 17.9. The van der Waals surface area contributed by atoms with Gasteiger partial charge in [-0.3, -0.25) is 4.79 Å². The summed E-state index contributed by atoms with van der Waals surface area (Å²) in [6.45, 7) is 6.84. The number of hydrogen-bond donors (Lipinski definition) is 1. The van der Waals surface area contributed by atoms with Crippen LogP contribution in [0, 0.1) is 0 Å². The molecule has 160 valence electrons. The molecule has 1 saturated heterocycles. The fourth-order valence-corrected chi connectivity index (χ4v) is 3.46. The van der Waals surface area contributed by atoms with Gasteiger partial charge < -0.3 is 19.5 Å². The van der Waals surface area contributed by atoms with E-state index in [4.69, 9.17) is 4.74 Å². The quantitative estimate of drug-likeness (QED) is 0.735. The van der Waals surface area contributed by atoms with E-state index >= 15 is 0 Å². The van der Waals surface area contributed by atoms with Crippen LogP contribution in [0.15, 0.2) is 49.1 Å². The molecule has 7 nitrogen and oxygen atoms in total. The number of imidazole rings is 1. The highest BCUT2D eigenvalue weighted by Crippen LogP contribution is 2.22. The molecule has 2 heterocycles. The molecule has 0 bridgehead atoms. The molecule has 1 aliphatic heterocycles. The highest BCUT2D eigenvalue weighted by molar-refractivity contribution is 5.91. The van der Waals surface area contributed by atoms with E-state index in [9.17, 15) is 9.59 Å². The number of amides is 2. The largest absolute Gasteiger partial charge is 0.444 e. The van der Waals surface area contributed by atoms with Crippen LogP contribution in [-0.4, -0.2) is 51.2 Å².